The molecule has 7 nitrogen and oxygen atoms in total. The average molecular weight is 508 g/mol. The van der Waals surface area contributed by atoms with Crippen molar-refractivity contribution < 1.29 is 19.1 Å². The highest BCUT2D eigenvalue weighted by Crippen LogP contribution is 2.29. The fourth-order valence-electron chi connectivity index (χ4n) is 3.30. The van der Waals surface area contributed by atoms with E-state index in [0.29, 0.717) is 29.7 Å². The van der Waals surface area contributed by atoms with Crippen LogP contribution in [0.4, 0.5) is 5.69 Å². The predicted octanol–water partition coefficient (Wildman–Crippen LogP) is 5.80. The Kier molecular flexibility index (Phi) is 9.89. The van der Waals surface area contributed by atoms with Crippen LogP contribution in [-0.4, -0.2) is 24.6 Å². The molecule has 0 unspecified atom stereocenters. The molecule has 0 aliphatic carbocycles. The van der Waals surface area contributed by atoms with Crippen LogP contribution in [-0.2, 0) is 16.2 Å². The molecule has 0 saturated heterocycles. The third-order valence-electron chi connectivity index (χ3n) is 5.44. The van der Waals surface area contributed by atoms with E-state index < -0.39 is 0 Å². The van der Waals surface area contributed by atoms with Crippen LogP contribution in [0.2, 0.25) is 5.02 Å². The quantitative estimate of drug-likeness (QED) is 0.253. The van der Waals surface area contributed by atoms with E-state index in [1.165, 1.54) is 6.21 Å². The standard InChI is InChI=1S/C28H30ClN3O4/c1-4-35-26-16-22(10-13-25(26)36-18-21-8-11-23(29)12-9-21)17-30-32-28(34)15-14-27(33)31-24-7-5-6-19(2)20(24)3/h5-13,16-17H,4,14-15,18H2,1-3H3,(H,31,33)(H,32,34). The number of anilines is 1. The molecule has 0 radical (unpaired) electrons. The zero-order valence-corrected chi connectivity index (χ0v) is 21.4. The van der Waals surface area contributed by atoms with Gasteiger partial charge in [0.25, 0.3) is 0 Å². The minimum atomic E-state index is -0.352. The van der Waals surface area contributed by atoms with E-state index in [4.69, 9.17) is 21.1 Å². The number of nitrogens with zero attached hydrogens (tertiary/aromatic N) is 1. The first-order valence-corrected chi connectivity index (χ1v) is 12.1. The summed E-state index contributed by atoms with van der Waals surface area (Å²) in [5.74, 6) is 0.599. The Morgan fingerprint density at radius 2 is 1.69 bits per heavy atom. The first-order chi connectivity index (χ1) is 17.4. The number of nitrogens with one attached hydrogen (secondary N) is 2. The van der Waals surface area contributed by atoms with Crippen LogP contribution in [0, 0.1) is 13.8 Å². The van der Waals surface area contributed by atoms with Crippen molar-refractivity contribution in [1.29, 1.82) is 0 Å². The fourth-order valence-corrected chi connectivity index (χ4v) is 3.42. The minimum Gasteiger partial charge on any atom is -0.490 e. The normalized spacial score (nSPS) is 10.8. The molecular formula is C28H30ClN3O4. The van der Waals surface area contributed by atoms with Crippen molar-refractivity contribution in [2.45, 2.75) is 40.2 Å². The molecule has 2 N–H and O–H groups in total. The lowest BCUT2D eigenvalue weighted by Gasteiger charge is -2.12. The SMILES string of the molecule is CCOc1cc(C=NNC(=O)CCC(=O)Nc2cccc(C)c2C)ccc1OCc1ccc(Cl)cc1. The van der Waals surface area contributed by atoms with Gasteiger partial charge in [-0.15, -0.1) is 0 Å². The van der Waals surface area contributed by atoms with E-state index in [9.17, 15) is 9.59 Å². The first-order valence-electron chi connectivity index (χ1n) is 11.7. The van der Waals surface area contributed by atoms with Gasteiger partial charge in [-0.2, -0.15) is 5.10 Å². The molecule has 2 amide bonds. The van der Waals surface area contributed by atoms with Crippen LogP contribution < -0.4 is 20.2 Å². The number of rotatable bonds is 11. The second kappa shape index (κ2) is 13.3. The molecule has 0 bridgehead atoms. The highest BCUT2D eigenvalue weighted by atomic mass is 35.5. The second-order valence-electron chi connectivity index (χ2n) is 8.14. The lowest BCUT2D eigenvalue weighted by atomic mass is 10.1. The van der Waals surface area contributed by atoms with Gasteiger partial charge in [0.05, 0.1) is 12.8 Å². The van der Waals surface area contributed by atoms with Gasteiger partial charge in [0.2, 0.25) is 11.8 Å². The van der Waals surface area contributed by atoms with Gasteiger partial charge in [0.15, 0.2) is 11.5 Å². The van der Waals surface area contributed by atoms with Crippen molar-refractivity contribution in [3.63, 3.8) is 0 Å². The Bertz CT molecular complexity index is 1230. The average Bonchev–Trinajstić information content (AvgIpc) is 2.86. The molecule has 0 atom stereocenters. The van der Waals surface area contributed by atoms with Crippen molar-refractivity contribution in [1.82, 2.24) is 5.43 Å². The third-order valence-corrected chi connectivity index (χ3v) is 5.69. The van der Waals surface area contributed by atoms with Gasteiger partial charge >= 0.3 is 0 Å². The summed E-state index contributed by atoms with van der Waals surface area (Å²) in [5.41, 5.74) is 7.02. The van der Waals surface area contributed by atoms with Crippen molar-refractivity contribution >= 4 is 35.3 Å². The van der Waals surface area contributed by atoms with Crippen molar-refractivity contribution in [2.75, 3.05) is 11.9 Å². The van der Waals surface area contributed by atoms with Gasteiger partial charge in [-0.1, -0.05) is 35.9 Å². The van der Waals surface area contributed by atoms with Gasteiger partial charge in [-0.25, -0.2) is 5.43 Å². The Labute approximate surface area is 216 Å². The second-order valence-corrected chi connectivity index (χ2v) is 8.58. The number of amides is 2. The van der Waals surface area contributed by atoms with E-state index in [1.54, 1.807) is 12.1 Å². The van der Waals surface area contributed by atoms with Crippen LogP contribution in [0.5, 0.6) is 11.5 Å². The summed E-state index contributed by atoms with van der Waals surface area (Å²) in [4.78, 5) is 24.3. The number of hydrogen-bond donors (Lipinski definition) is 2. The van der Waals surface area contributed by atoms with Gasteiger partial charge < -0.3 is 14.8 Å². The number of carbonyl (C=O) groups is 2. The fraction of sp³-hybridized carbons (Fsp3) is 0.250. The molecule has 0 aromatic heterocycles. The van der Waals surface area contributed by atoms with Crippen molar-refractivity contribution in [2.24, 2.45) is 5.10 Å². The summed E-state index contributed by atoms with van der Waals surface area (Å²) in [5, 5.41) is 7.51. The van der Waals surface area contributed by atoms with Crippen LogP contribution >= 0.6 is 11.6 Å². The van der Waals surface area contributed by atoms with E-state index in [2.05, 4.69) is 15.8 Å². The summed E-state index contributed by atoms with van der Waals surface area (Å²) >= 11 is 5.93. The van der Waals surface area contributed by atoms with Gasteiger partial charge in [-0.3, -0.25) is 9.59 Å². The van der Waals surface area contributed by atoms with E-state index in [-0.39, 0.29) is 24.7 Å². The van der Waals surface area contributed by atoms with Crippen molar-refractivity contribution in [3.8, 4) is 11.5 Å². The Balaban J connectivity index is 1.50. The number of benzene rings is 3. The number of hydrazone groups is 1. The zero-order valence-electron chi connectivity index (χ0n) is 20.6. The number of carbonyl (C=O) groups excluding carboxylic acids is 2. The molecule has 0 heterocycles. The highest BCUT2D eigenvalue weighted by Gasteiger charge is 2.10. The maximum absolute atomic E-state index is 12.2. The van der Waals surface area contributed by atoms with E-state index >= 15 is 0 Å². The largest absolute Gasteiger partial charge is 0.490 e. The molecule has 0 saturated carbocycles. The molecule has 3 aromatic rings. The van der Waals surface area contributed by atoms with Crippen LogP contribution in [0.25, 0.3) is 0 Å². The number of aryl methyl sites for hydroxylation is 1. The number of halogens is 1. The van der Waals surface area contributed by atoms with Gasteiger partial charge in [-0.05, 0) is 79.4 Å². The Morgan fingerprint density at radius 1 is 0.944 bits per heavy atom. The number of hydrogen-bond acceptors (Lipinski definition) is 5. The maximum Gasteiger partial charge on any atom is 0.240 e. The molecule has 0 spiro atoms. The molecule has 3 aromatic carbocycles. The lowest BCUT2D eigenvalue weighted by Crippen LogP contribution is -2.21. The summed E-state index contributed by atoms with van der Waals surface area (Å²) in [6.45, 7) is 6.66. The zero-order chi connectivity index (χ0) is 25.9. The highest BCUT2D eigenvalue weighted by molar-refractivity contribution is 6.30. The van der Waals surface area contributed by atoms with Crippen LogP contribution in [0.1, 0.15) is 42.0 Å². The minimum absolute atomic E-state index is 0.0235. The molecule has 8 heteroatoms. The molecule has 36 heavy (non-hydrogen) atoms. The van der Waals surface area contributed by atoms with E-state index in [1.807, 2.05) is 69.3 Å². The van der Waals surface area contributed by atoms with Gasteiger partial charge in [0.1, 0.15) is 6.61 Å². The van der Waals surface area contributed by atoms with Crippen molar-refractivity contribution in [3.05, 3.63) is 87.9 Å². The molecular weight excluding hydrogens is 478 g/mol. The molecule has 3 rings (SSSR count). The smallest absolute Gasteiger partial charge is 0.240 e. The predicted molar refractivity (Wildman–Crippen MR) is 143 cm³/mol. The number of ether oxygens (including phenoxy) is 2. The maximum atomic E-state index is 12.2. The summed E-state index contributed by atoms with van der Waals surface area (Å²) < 4.78 is 11.6. The molecule has 0 aliphatic heterocycles. The first kappa shape index (κ1) is 26.8. The molecule has 0 aliphatic rings. The molecule has 188 valence electrons. The topological polar surface area (TPSA) is 89.0 Å². The summed E-state index contributed by atoms with van der Waals surface area (Å²) in [6.07, 6.45) is 1.60. The Morgan fingerprint density at radius 3 is 2.44 bits per heavy atom. The Hall–Kier alpha value is -3.84. The summed E-state index contributed by atoms with van der Waals surface area (Å²) in [7, 11) is 0. The van der Waals surface area contributed by atoms with E-state index in [0.717, 1.165) is 27.9 Å². The molecule has 0 fully saturated rings. The van der Waals surface area contributed by atoms with Gasteiger partial charge in [0, 0.05) is 23.6 Å². The van der Waals surface area contributed by atoms with Crippen LogP contribution in [0.15, 0.2) is 65.8 Å². The third kappa shape index (κ3) is 8.13. The summed E-state index contributed by atoms with van der Waals surface area (Å²) in [6, 6.07) is 18.5. The van der Waals surface area contributed by atoms with Crippen LogP contribution in [0.3, 0.4) is 0 Å². The monoisotopic (exact) mass is 507 g/mol. The lowest BCUT2D eigenvalue weighted by molar-refractivity contribution is -0.124.